The van der Waals surface area contributed by atoms with Crippen molar-refractivity contribution in [3.63, 3.8) is 0 Å². The van der Waals surface area contributed by atoms with Gasteiger partial charge in [-0.2, -0.15) is 0 Å². The van der Waals surface area contributed by atoms with Crippen LogP contribution in [-0.4, -0.2) is 203 Å². The van der Waals surface area contributed by atoms with Gasteiger partial charge in [0.2, 0.25) is 11.8 Å². The molecule has 56 heavy (non-hydrogen) atoms. The zero-order chi connectivity index (χ0) is 41.2. The maximum absolute atomic E-state index is 12.5. The Labute approximate surface area is 332 Å². The Morgan fingerprint density at radius 1 is 0.661 bits per heavy atom. The topological polar surface area (TPSA) is 369 Å². The average molecular weight is 847 g/mol. The van der Waals surface area contributed by atoms with E-state index in [-0.39, 0.29) is 82.1 Å². The summed E-state index contributed by atoms with van der Waals surface area (Å²) in [5.74, 6) is -4.40. The second kappa shape index (κ2) is 26.1. The molecule has 0 saturated heterocycles. The summed E-state index contributed by atoms with van der Waals surface area (Å²) in [5.41, 5.74) is 0.771. The number of fused-ring (bicyclic) bond motifs is 2. The molecule has 12 N–H and O–H groups in total. The molecule has 0 fully saturated rings. The van der Waals surface area contributed by atoms with Crippen molar-refractivity contribution >= 4 is 23.8 Å². The van der Waals surface area contributed by atoms with Gasteiger partial charge in [-0.05, 0) is 25.0 Å². The summed E-state index contributed by atoms with van der Waals surface area (Å²) in [6, 6.07) is 2.22. The summed E-state index contributed by atoms with van der Waals surface area (Å²) >= 11 is 0. The van der Waals surface area contributed by atoms with Crippen molar-refractivity contribution in [2.24, 2.45) is 0 Å². The van der Waals surface area contributed by atoms with Gasteiger partial charge >= 0.3 is 17.1 Å². The van der Waals surface area contributed by atoms with Crippen molar-refractivity contribution in [2.45, 2.75) is 99.7 Å². The number of carboxylic acids is 2. The van der Waals surface area contributed by atoms with Gasteiger partial charge in [0, 0.05) is 52.1 Å². The number of carbonyl (C=O) groups is 4. The fourth-order valence-corrected chi connectivity index (χ4v) is 5.69. The number of nitrogens with zero attached hydrogens (tertiary/aromatic N) is 3. The Balaban J connectivity index is 0.0000157. The summed E-state index contributed by atoms with van der Waals surface area (Å²) in [7, 11) is 0. The molecule has 2 heterocycles. The number of pyridine rings is 1. The monoisotopic (exact) mass is 846 g/mol. The van der Waals surface area contributed by atoms with Crippen molar-refractivity contribution in [1.29, 1.82) is 0 Å². The van der Waals surface area contributed by atoms with E-state index in [0.717, 1.165) is 0 Å². The van der Waals surface area contributed by atoms with Crippen LogP contribution in [0.25, 0.3) is 0 Å². The van der Waals surface area contributed by atoms with E-state index >= 15 is 0 Å². The van der Waals surface area contributed by atoms with Crippen LogP contribution in [0.1, 0.15) is 37.1 Å². The van der Waals surface area contributed by atoms with E-state index in [1.807, 2.05) is 0 Å². The summed E-state index contributed by atoms with van der Waals surface area (Å²) in [6.45, 7) is -3.01. The molecule has 2 bridgehead atoms. The SMILES string of the molecule is O=C(CC[C@@H](C(=O)[O-])N1CCOCCN([C@@H](CCC(=O)NC[C@H](O)[C@@H](O)[C@H](O)[C@H](O)CO)C(=O)[O-])Cc2cccc(n2)C1)NC[C@H](O)[C@@H](O)[C@H](O)[C@H](O)CO.[Mn+2]. The van der Waals surface area contributed by atoms with Gasteiger partial charge in [0.1, 0.15) is 36.6 Å². The van der Waals surface area contributed by atoms with Crippen molar-refractivity contribution in [2.75, 3.05) is 52.6 Å². The molecule has 2 rings (SSSR count). The molecule has 1 aliphatic heterocycles. The normalized spacial score (nSPS) is 19.8. The smallest absolute Gasteiger partial charge is 0.548 e. The van der Waals surface area contributed by atoms with Gasteiger partial charge in [0.25, 0.3) is 0 Å². The number of aliphatic hydroxyl groups is 10. The minimum absolute atomic E-state index is 0. The number of aliphatic hydroxyl groups excluding tert-OH is 10. The first-order valence-corrected chi connectivity index (χ1v) is 17.6. The summed E-state index contributed by atoms with van der Waals surface area (Å²) in [4.78, 5) is 57.0. The van der Waals surface area contributed by atoms with Crippen LogP contribution in [0.15, 0.2) is 18.2 Å². The molecule has 1 radical (unpaired) electrons. The van der Waals surface area contributed by atoms with Gasteiger partial charge in [-0.15, -0.1) is 0 Å². The Bertz CT molecular complexity index is 1260. The van der Waals surface area contributed by atoms with E-state index in [1.54, 1.807) is 18.2 Å². The van der Waals surface area contributed by atoms with Crippen LogP contribution >= 0.6 is 0 Å². The average Bonchev–Trinajstić information content (AvgIpc) is 3.16. The van der Waals surface area contributed by atoms with E-state index in [0.29, 0.717) is 11.4 Å². The zero-order valence-corrected chi connectivity index (χ0v) is 31.6. The summed E-state index contributed by atoms with van der Waals surface area (Å²) in [5, 5.41) is 125. The maximum atomic E-state index is 12.5. The van der Waals surface area contributed by atoms with Gasteiger partial charge in [-0.1, -0.05) is 6.07 Å². The molecular formula is C33H53MnN5O17. The molecule has 319 valence electrons. The standard InChI is InChI=1S/C33H55N5O17.Mn/c39-16-24(43)30(49)28(47)22(41)12-34-26(45)6-4-20(32(51)52)37-8-10-55-11-9-38(15-19-3-1-2-18(14-37)36-19)21(33(53)54)5-7-27(46)35-13-23(42)29(48)31(50)25(44)17-40;/h1-3,20-25,28-31,39-44,47-50H,4-17H2,(H,34,45)(H,35,46)(H,51,52)(H,53,54);/q;+2/p-2/t20-,21-,22-,23-,24+,25+,28+,29+,30+,31+;/m0./s1. The predicted octanol–water partition coefficient (Wildman–Crippen LogP) is -9.39. The van der Waals surface area contributed by atoms with Crippen molar-refractivity contribution < 1.29 is 102 Å². The van der Waals surface area contributed by atoms with Crippen molar-refractivity contribution in [3.8, 4) is 0 Å². The third-order valence-electron chi connectivity index (χ3n) is 9.02. The molecule has 22 nitrogen and oxygen atoms in total. The minimum Gasteiger partial charge on any atom is -0.548 e. The molecule has 0 aromatic carbocycles. The zero-order valence-electron chi connectivity index (χ0n) is 30.5. The molecule has 1 aromatic heterocycles. The largest absolute Gasteiger partial charge is 2.00 e. The van der Waals surface area contributed by atoms with E-state index in [9.17, 15) is 70.2 Å². The van der Waals surface area contributed by atoms with Crippen LogP contribution in [0, 0.1) is 0 Å². The first-order valence-electron chi connectivity index (χ1n) is 17.6. The van der Waals surface area contributed by atoms with Gasteiger partial charge in [-0.25, -0.2) is 0 Å². The van der Waals surface area contributed by atoms with Gasteiger partial charge < -0.3 is 86.2 Å². The number of carbonyl (C=O) groups excluding carboxylic acids is 4. The van der Waals surface area contributed by atoms with Gasteiger partial charge in [-0.3, -0.25) is 24.4 Å². The number of rotatable bonds is 22. The number of ether oxygens (including phenoxy) is 1. The molecule has 0 unspecified atom stereocenters. The molecule has 1 aromatic rings. The van der Waals surface area contributed by atoms with Crippen LogP contribution in [-0.2, 0) is 54.1 Å². The van der Waals surface area contributed by atoms with Crippen LogP contribution in [0.4, 0.5) is 0 Å². The fraction of sp³-hybridized carbons (Fsp3) is 0.727. The van der Waals surface area contributed by atoms with Crippen LogP contribution in [0.3, 0.4) is 0 Å². The molecule has 0 spiro atoms. The third-order valence-corrected chi connectivity index (χ3v) is 9.02. The second-order valence-electron chi connectivity index (χ2n) is 13.1. The number of nitrogens with one attached hydrogen (secondary N) is 2. The number of hydrogen-bond donors (Lipinski definition) is 12. The Kier molecular flexibility index (Phi) is 23.8. The van der Waals surface area contributed by atoms with Crippen molar-refractivity contribution in [3.05, 3.63) is 29.6 Å². The number of aromatic nitrogens is 1. The Morgan fingerprint density at radius 2 is 1.02 bits per heavy atom. The van der Waals surface area contributed by atoms with Crippen LogP contribution in [0.5, 0.6) is 0 Å². The van der Waals surface area contributed by atoms with E-state index in [4.69, 9.17) is 14.9 Å². The molecule has 10 atom stereocenters. The molecule has 23 heteroatoms. The summed E-state index contributed by atoms with van der Waals surface area (Å²) < 4.78 is 5.71. The first-order chi connectivity index (χ1) is 26.0. The molecular weight excluding hydrogens is 793 g/mol. The fourth-order valence-electron chi connectivity index (χ4n) is 5.69. The predicted molar refractivity (Wildman–Crippen MR) is 180 cm³/mol. The van der Waals surface area contributed by atoms with Crippen molar-refractivity contribution in [1.82, 2.24) is 25.4 Å². The number of amides is 2. The van der Waals surface area contributed by atoms with Gasteiger partial charge in [0.15, 0.2) is 0 Å². The quantitative estimate of drug-likeness (QED) is 0.0482. The maximum Gasteiger partial charge on any atom is 2.00 e. The molecule has 1 aliphatic rings. The number of aliphatic carboxylic acids is 2. The Morgan fingerprint density at radius 3 is 1.36 bits per heavy atom. The van der Waals surface area contributed by atoms with Crippen LogP contribution < -0.4 is 20.8 Å². The van der Waals surface area contributed by atoms with E-state index in [1.165, 1.54) is 9.80 Å². The summed E-state index contributed by atoms with van der Waals surface area (Å²) in [6.07, 6.45) is -15.7. The van der Waals surface area contributed by atoms with Gasteiger partial charge in [0.05, 0.1) is 74.0 Å². The van der Waals surface area contributed by atoms with E-state index < -0.39 is 111 Å². The minimum atomic E-state index is -1.90. The molecule has 2 amide bonds. The number of carboxylic acid groups (broad SMARTS) is 2. The second-order valence-corrected chi connectivity index (χ2v) is 13.1. The Hall–Kier alpha value is -2.97. The van der Waals surface area contributed by atoms with Crippen LogP contribution in [0.2, 0.25) is 0 Å². The molecule has 0 saturated carbocycles. The van der Waals surface area contributed by atoms with E-state index in [2.05, 4.69) is 15.6 Å². The molecule has 0 aliphatic carbocycles. The number of hydrogen-bond acceptors (Lipinski definition) is 20. The first kappa shape index (κ1) is 51.0. The third kappa shape index (κ3) is 16.9.